The topological polar surface area (TPSA) is 37.7 Å². The van der Waals surface area contributed by atoms with Gasteiger partial charge >= 0.3 is 0 Å². The van der Waals surface area contributed by atoms with Crippen LogP contribution < -0.4 is 9.75 Å². The molecule has 0 spiro atoms. The number of aryl methyl sites for hydroxylation is 1. The SMILES string of the molecule is COc1ccc(C2CC(c3cccs3)=NN2c2nc(-c3ccc(C)cc3)cs2)cc1. The van der Waals surface area contributed by atoms with Gasteiger partial charge < -0.3 is 4.74 Å². The van der Waals surface area contributed by atoms with Crippen LogP contribution in [0.2, 0.25) is 0 Å². The second kappa shape index (κ2) is 8.05. The first-order chi connectivity index (χ1) is 14.7. The third-order valence-electron chi connectivity index (χ3n) is 5.25. The Labute approximate surface area is 184 Å². The molecule has 1 atom stereocenters. The average Bonchev–Trinajstić information content (AvgIpc) is 3.54. The van der Waals surface area contributed by atoms with Gasteiger partial charge in [-0.2, -0.15) is 5.10 Å². The number of ether oxygens (including phenoxy) is 1. The molecule has 0 aliphatic carbocycles. The lowest BCUT2D eigenvalue weighted by Crippen LogP contribution is -2.18. The summed E-state index contributed by atoms with van der Waals surface area (Å²) in [6.07, 6.45) is 0.853. The summed E-state index contributed by atoms with van der Waals surface area (Å²) in [6.45, 7) is 2.10. The molecule has 1 aliphatic heterocycles. The molecule has 1 aliphatic rings. The highest BCUT2D eigenvalue weighted by atomic mass is 32.1. The Balaban J connectivity index is 1.51. The molecule has 0 radical (unpaired) electrons. The number of hydrazone groups is 1. The molecule has 0 fully saturated rings. The summed E-state index contributed by atoms with van der Waals surface area (Å²) in [7, 11) is 1.69. The molecule has 4 nitrogen and oxygen atoms in total. The van der Waals surface area contributed by atoms with Crippen molar-refractivity contribution in [2.45, 2.75) is 19.4 Å². The van der Waals surface area contributed by atoms with E-state index in [2.05, 4.69) is 71.2 Å². The Hall–Kier alpha value is -2.96. The van der Waals surface area contributed by atoms with Crippen LogP contribution in [0.3, 0.4) is 0 Å². The lowest BCUT2D eigenvalue weighted by Gasteiger charge is -2.21. The molecule has 3 heterocycles. The predicted molar refractivity (Wildman–Crippen MR) is 126 cm³/mol. The number of benzene rings is 2. The van der Waals surface area contributed by atoms with Crippen LogP contribution in [-0.2, 0) is 0 Å². The maximum atomic E-state index is 5.33. The molecular formula is C24H21N3OS2. The number of hydrogen-bond acceptors (Lipinski definition) is 6. The van der Waals surface area contributed by atoms with Crippen molar-refractivity contribution in [1.29, 1.82) is 0 Å². The number of aromatic nitrogens is 1. The normalized spacial score (nSPS) is 16.0. The van der Waals surface area contributed by atoms with Gasteiger partial charge in [-0.1, -0.05) is 48.0 Å². The molecule has 2 aromatic heterocycles. The summed E-state index contributed by atoms with van der Waals surface area (Å²) in [5, 5.41) is 12.2. The lowest BCUT2D eigenvalue weighted by molar-refractivity contribution is 0.414. The van der Waals surface area contributed by atoms with Crippen molar-refractivity contribution in [2.24, 2.45) is 5.10 Å². The monoisotopic (exact) mass is 431 g/mol. The predicted octanol–water partition coefficient (Wildman–Crippen LogP) is 6.54. The molecule has 0 saturated heterocycles. The molecule has 0 N–H and O–H groups in total. The number of thiophene rings is 1. The molecule has 5 rings (SSSR count). The fourth-order valence-electron chi connectivity index (χ4n) is 3.59. The van der Waals surface area contributed by atoms with E-state index in [1.807, 2.05) is 12.1 Å². The molecule has 2 aromatic carbocycles. The van der Waals surface area contributed by atoms with Crippen LogP contribution in [0.25, 0.3) is 11.3 Å². The molecular weight excluding hydrogens is 410 g/mol. The van der Waals surface area contributed by atoms with Crippen molar-refractivity contribution in [2.75, 3.05) is 12.1 Å². The van der Waals surface area contributed by atoms with Crippen LogP contribution in [0.4, 0.5) is 5.13 Å². The zero-order chi connectivity index (χ0) is 20.5. The third-order valence-corrected chi connectivity index (χ3v) is 7.00. The van der Waals surface area contributed by atoms with Crippen LogP contribution in [0.5, 0.6) is 5.75 Å². The number of nitrogens with zero attached hydrogens (tertiary/aromatic N) is 3. The summed E-state index contributed by atoms with van der Waals surface area (Å²) in [5.74, 6) is 0.860. The van der Waals surface area contributed by atoms with Crippen LogP contribution in [0, 0.1) is 6.92 Å². The fraction of sp³-hybridized carbons (Fsp3) is 0.167. The zero-order valence-corrected chi connectivity index (χ0v) is 18.4. The van der Waals surface area contributed by atoms with Crippen molar-refractivity contribution >= 4 is 33.5 Å². The van der Waals surface area contributed by atoms with Gasteiger partial charge in [0.05, 0.1) is 29.4 Å². The van der Waals surface area contributed by atoms with E-state index in [1.165, 1.54) is 16.0 Å². The van der Waals surface area contributed by atoms with E-state index < -0.39 is 0 Å². The molecule has 0 bridgehead atoms. The Bertz CT molecular complexity index is 1160. The molecule has 4 aromatic rings. The van der Waals surface area contributed by atoms with Gasteiger partial charge in [0.15, 0.2) is 0 Å². The fourth-order valence-corrected chi connectivity index (χ4v) is 5.14. The third kappa shape index (κ3) is 3.64. The minimum atomic E-state index is 0.116. The molecule has 0 saturated carbocycles. The van der Waals surface area contributed by atoms with E-state index >= 15 is 0 Å². The van der Waals surface area contributed by atoms with Gasteiger partial charge in [-0.25, -0.2) is 9.99 Å². The number of hydrogen-bond donors (Lipinski definition) is 0. The van der Waals surface area contributed by atoms with Crippen molar-refractivity contribution in [3.63, 3.8) is 0 Å². The molecule has 0 amide bonds. The largest absolute Gasteiger partial charge is 0.497 e. The van der Waals surface area contributed by atoms with Gasteiger partial charge in [0, 0.05) is 17.4 Å². The van der Waals surface area contributed by atoms with Gasteiger partial charge in [0.2, 0.25) is 5.13 Å². The van der Waals surface area contributed by atoms with Crippen LogP contribution >= 0.6 is 22.7 Å². The highest BCUT2D eigenvalue weighted by Crippen LogP contribution is 2.40. The minimum Gasteiger partial charge on any atom is -0.497 e. The summed E-state index contributed by atoms with van der Waals surface area (Å²) >= 11 is 3.37. The lowest BCUT2D eigenvalue weighted by atomic mass is 10.0. The van der Waals surface area contributed by atoms with Gasteiger partial charge in [-0.3, -0.25) is 0 Å². The molecule has 1 unspecified atom stereocenters. The van der Waals surface area contributed by atoms with Gasteiger partial charge in [-0.15, -0.1) is 22.7 Å². The van der Waals surface area contributed by atoms with Crippen molar-refractivity contribution in [3.05, 3.63) is 87.4 Å². The molecule has 150 valence electrons. The summed E-state index contributed by atoms with van der Waals surface area (Å²) in [4.78, 5) is 6.15. The Morgan fingerprint density at radius 3 is 2.50 bits per heavy atom. The maximum absolute atomic E-state index is 5.33. The second-order valence-corrected chi connectivity index (χ2v) is 9.03. The van der Waals surface area contributed by atoms with Gasteiger partial charge in [0.1, 0.15) is 5.75 Å². The zero-order valence-electron chi connectivity index (χ0n) is 16.8. The van der Waals surface area contributed by atoms with Crippen LogP contribution in [0.15, 0.2) is 76.5 Å². The number of methoxy groups -OCH3 is 1. The van der Waals surface area contributed by atoms with Crippen molar-refractivity contribution in [3.8, 4) is 17.0 Å². The van der Waals surface area contributed by atoms with E-state index in [-0.39, 0.29) is 6.04 Å². The standard InChI is InChI=1S/C24H21N3OS2/c1-16-5-7-17(8-6-16)21-15-30-24(25-21)27-22(18-9-11-19(28-2)12-10-18)14-20(26-27)23-4-3-13-29-23/h3-13,15,22H,14H2,1-2H3. The number of thiazole rings is 1. The molecule has 30 heavy (non-hydrogen) atoms. The first kappa shape index (κ1) is 19.0. The van der Waals surface area contributed by atoms with E-state index in [1.54, 1.807) is 29.8 Å². The highest BCUT2D eigenvalue weighted by molar-refractivity contribution is 7.14. The highest BCUT2D eigenvalue weighted by Gasteiger charge is 2.32. The molecule has 6 heteroatoms. The quantitative estimate of drug-likeness (QED) is 0.360. The van der Waals surface area contributed by atoms with Crippen LogP contribution in [-0.4, -0.2) is 17.8 Å². The second-order valence-electron chi connectivity index (χ2n) is 7.24. The Morgan fingerprint density at radius 2 is 1.80 bits per heavy atom. The Morgan fingerprint density at radius 1 is 1.00 bits per heavy atom. The number of anilines is 1. The minimum absolute atomic E-state index is 0.116. The van der Waals surface area contributed by atoms with Gasteiger partial charge in [0.25, 0.3) is 0 Å². The van der Waals surface area contributed by atoms with E-state index in [4.69, 9.17) is 14.8 Å². The summed E-state index contributed by atoms with van der Waals surface area (Å²) in [5.41, 5.74) is 5.68. The van der Waals surface area contributed by atoms with Crippen molar-refractivity contribution < 1.29 is 4.74 Å². The smallest absolute Gasteiger partial charge is 0.207 e. The summed E-state index contributed by atoms with van der Waals surface area (Å²) in [6, 6.07) is 21.1. The van der Waals surface area contributed by atoms with E-state index in [0.29, 0.717) is 0 Å². The summed E-state index contributed by atoms with van der Waals surface area (Å²) < 4.78 is 5.33. The van der Waals surface area contributed by atoms with E-state index in [0.717, 1.165) is 34.3 Å². The first-order valence-electron chi connectivity index (χ1n) is 9.78. The average molecular weight is 432 g/mol. The van der Waals surface area contributed by atoms with Gasteiger partial charge in [-0.05, 0) is 36.1 Å². The van der Waals surface area contributed by atoms with E-state index in [9.17, 15) is 0 Å². The Kier molecular flexibility index (Phi) is 5.11. The van der Waals surface area contributed by atoms with Crippen molar-refractivity contribution in [1.82, 2.24) is 4.98 Å². The van der Waals surface area contributed by atoms with Crippen LogP contribution in [0.1, 0.15) is 28.5 Å². The maximum Gasteiger partial charge on any atom is 0.207 e. The number of rotatable bonds is 5. The first-order valence-corrected chi connectivity index (χ1v) is 11.5.